The fourth-order valence-electron chi connectivity index (χ4n) is 1.42. The van der Waals surface area contributed by atoms with E-state index in [0.29, 0.717) is 18.0 Å². The number of ether oxygens (including phenoxy) is 1. The highest BCUT2D eigenvalue weighted by atomic mass is 32.1. The van der Waals surface area contributed by atoms with Gasteiger partial charge in [-0.15, -0.1) is 0 Å². The number of nitrogens with one attached hydrogen (secondary N) is 1. The van der Waals surface area contributed by atoms with Crippen molar-refractivity contribution in [3.05, 3.63) is 35.4 Å². The molecule has 4 nitrogen and oxygen atoms in total. The van der Waals surface area contributed by atoms with Gasteiger partial charge in [-0.25, -0.2) is 4.79 Å². The van der Waals surface area contributed by atoms with Crippen LogP contribution in [0.5, 0.6) is 0 Å². The molecule has 5 heteroatoms. The van der Waals surface area contributed by atoms with Crippen molar-refractivity contribution in [2.45, 2.75) is 32.8 Å². The molecule has 3 N–H and O–H groups in total. The van der Waals surface area contributed by atoms with E-state index in [2.05, 4.69) is 17.2 Å². The van der Waals surface area contributed by atoms with Crippen LogP contribution in [0.25, 0.3) is 0 Å². The van der Waals surface area contributed by atoms with Gasteiger partial charge in [-0.1, -0.05) is 36.2 Å². The number of amides is 1. The third-order valence-electron chi connectivity index (χ3n) is 2.32. The first kappa shape index (κ1) is 17.0. The quantitative estimate of drug-likeness (QED) is 0.512. The molecule has 0 fully saturated rings. The second-order valence-electron chi connectivity index (χ2n) is 5.42. The minimum absolute atomic E-state index is 0.371. The summed E-state index contributed by atoms with van der Waals surface area (Å²) in [7, 11) is 0. The Morgan fingerprint density at radius 1 is 1.33 bits per heavy atom. The molecule has 0 heterocycles. The van der Waals surface area contributed by atoms with Crippen LogP contribution >= 0.6 is 12.2 Å². The van der Waals surface area contributed by atoms with Gasteiger partial charge in [0, 0.05) is 24.1 Å². The van der Waals surface area contributed by atoms with Crippen molar-refractivity contribution in [1.29, 1.82) is 0 Å². The molecule has 1 aromatic rings. The van der Waals surface area contributed by atoms with Gasteiger partial charge in [0.05, 0.1) is 0 Å². The maximum absolute atomic E-state index is 11.4. The SMILES string of the molecule is CC(C)(C)OC(=O)NCCC#Cc1ccc(C(N)=S)cc1. The molecule has 0 atom stereocenters. The summed E-state index contributed by atoms with van der Waals surface area (Å²) in [5.74, 6) is 5.99. The van der Waals surface area contributed by atoms with E-state index in [0.717, 1.165) is 11.1 Å². The molecule has 0 saturated carbocycles. The molecule has 0 aliphatic heterocycles. The molecule has 0 unspecified atom stereocenters. The molecule has 21 heavy (non-hydrogen) atoms. The maximum Gasteiger partial charge on any atom is 0.407 e. The van der Waals surface area contributed by atoms with Gasteiger partial charge < -0.3 is 15.8 Å². The highest BCUT2D eigenvalue weighted by Gasteiger charge is 2.15. The topological polar surface area (TPSA) is 64.3 Å². The number of alkyl carbamates (subject to hydrolysis) is 1. The van der Waals surface area contributed by atoms with Crippen molar-refractivity contribution in [1.82, 2.24) is 5.32 Å². The smallest absolute Gasteiger partial charge is 0.407 e. The standard InChI is InChI=1S/C16H20N2O2S/c1-16(2,3)20-15(19)18-11-5-4-6-12-7-9-13(10-8-12)14(17)21/h7-10H,5,11H2,1-3H3,(H2,17,21)(H,18,19). The number of rotatable bonds is 3. The molecule has 1 amide bonds. The number of carbonyl (C=O) groups excluding carboxylic acids is 1. The van der Waals surface area contributed by atoms with Crippen LogP contribution in [-0.4, -0.2) is 23.2 Å². The van der Waals surface area contributed by atoms with Crippen LogP contribution in [0.1, 0.15) is 38.3 Å². The van der Waals surface area contributed by atoms with Crippen molar-refractivity contribution in [3.63, 3.8) is 0 Å². The van der Waals surface area contributed by atoms with Crippen molar-refractivity contribution in [3.8, 4) is 11.8 Å². The minimum atomic E-state index is -0.485. The normalized spacial score (nSPS) is 10.2. The van der Waals surface area contributed by atoms with Crippen molar-refractivity contribution in [2.75, 3.05) is 6.54 Å². The highest BCUT2D eigenvalue weighted by molar-refractivity contribution is 7.80. The fourth-order valence-corrected chi connectivity index (χ4v) is 1.56. The molecule has 112 valence electrons. The predicted octanol–water partition coefficient (Wildman–Crippen LogP) is 2.59. The van der Waals surface area contributed by atoms with Crippen LogP contribution in [-0.2, 0) is 4.74 Å². The predicted molar refractivity (Wildman–Crippen MR) is 88.1 cm³/mol. The average molecular weight is 304 g/mol. The van der Waals surface area contributed by atoms with E-state index in [9.17, 15) is 4.79 Å². The lowest BCUT2D eigenvalue weighted by atomic mass is 10.1. The second kappa shape index (κ2) is 7.65. The summed E-state index contributed by atoms with van der Waals surface area (Å²) in [5.41, 5.74) is 6.74. The van der Waals surface area contributed by atoms with Gasteiger partial charge in [0.2, 0.25) is 0 Å². The van der Waals surface area contributed by atoms with Crippen LogP contribution in [0.3, 0.4) is 0 Å². The van der Waals surface area contributed by atoms with E-state index in [1.807, 2.05) is 45.0 Å². The second-order valence-corrected chi connectivity index (χ2v) is 5.86. The molecule has 0 aliphatic rings. The lowest BCUT2D eigenvalue weighted by Gasteiger charge is -2.19. The van der Waals surface area contributed by atoms with E-state index in [1.165, 1.54) is 0 Å². The summed E-state index contributed by atoms with van der Waals surface area (Å²) in [6, 6.07) is 7.40. The molecular weight excluding hydrogens is 284 g/mol. The molecule has 0 spiro atoms. The van der Waals surface area contributed by atoms with E-state index < -0.39 is 11.7 Å². The largest absolute Gasteiger partial charge is 0.444 e. The number of hydrogen-bond donors (Lipinski definition) is 2. The Hall–Kier alpha value is -2.06. The molecular formula is C16H20N2O2S. The summed E-state index contributed by atoms with van der Waals surface area (Å²) in [4.78, 5) is 11.8. The van der Waals surface area contributed by atoms with Crippen molar-refractivity contribution in [2.24, 2.45) is 5.73 Å². The van der Waals surface area contributed by atoms with Gasteiger partial charge in [-0.2, -0.15) is 0 Å². The van der Waals surface area contributed by atoms with E-state index >= 15 is 0 Å². The zero-order valence-electron chi connectivity index (χ0n) is 12.5. The summed E-state index contributed by atoms with van der Waals surface area (Å²) in [5, 5.41) is 2.65. The Bertz CT molecular complexity index is 563. The summed E-state index contributed by atoms with van der Waals surface area (Å²) in [6.07, 6.45) is 0.126. The highest BCUT2D eigenvalue weighted by Crippen LogP contribution is 2.06. The van der Waals surface area contributed by atoms with Gasteiger partial charge in [0.15, 0.2) is 0 Å². The molecule has 0 aromatic heterocycles. The van der Waals surface area contributed by atoms with E-state index in [4.69, 9.17) is 22.7 Å². The summed E-state index contributed by atoms with van der Waals surface area (Å²) in [6.45, 7) is 5.92. The van der Waals surface area contributed by atoms with Crippen LogP contribution in [0.2, 0.25) is 0 Å². The first-order valence-corrected chi connectivity index (χ1v) is 7.04. The van der Waals surface area contributed by atoms with Crippen LogP contribution in [0.4, 0.5) is 4.79 Å². The zero-order valence-corrected chi connectivity index (χ0v) is 13.3. The molecule has 0 aliphatic carbocycles. The first-order valence-electron chi connectivity index (χ1n) is 6.63. The van der Waals surface area contributed by atoms with Gasteiger partial charge in [-0.3, -0.25) is 0 Å². The number of hydrogen-bond acceptors (Lipinski definition) is 3. The van der Waals surface area contributed by atoms with E-state index in [-0.39, 0.29) is 0 Å². The number of nitrogens with two attached hydrogens (primary N) is 1. The summed E-state index contributed by atoms with van der Waals surface area (Å²) < 4.78 is 5.12. The fraction of sp³-hybridized carbons (Fsp3) is 0.375. The van der Waals surface area contributed by atoms with Gasteiger partial charge in [0.1, 0.15) is 10.6 Å². The summed E-state index contributed by atoms with van der Waals surface area (Å²) >= 11 is 4.88. The Labute approximate surface area is 131 Å². The number of thiocarbonyl (C=S) groups is 1. The molecule has 0 bridgehead atoms. The third kappa shape index (κ3) is 7.33. The lowest BCUT2D eigenvalue weighted by molar-refractivity contribution is 0.0529. The van der Waals surface area contributed by atoms with Crippen LogP contribution in [0.15, 0.2) is 24.3 Å². The number of carbonyl (C=O) groups is 1. The molecule has 1 aromatic carbocycles. The van der Waals surface area contributed by atoms with Gasteiger partial charge in [0.25, 0.3) is 0 Å². The molecule has 0 saturated heterocycles. The third-order valence-corrected chi connectivity index (χ3v) is 2.56. The lowest BCUT2D eigenvalue weighted by Crippen LogP contribution is -2.32. The number of benzene rings is 1. The first-order chi connectivity index (χ1) is 9.78. The van der Waals surface area contributed by atoms with Crippen LogP contribution in [0, 0.1) is 11.8 Å². The molecule has 0 radical (unpaired) electrons. The average Bonchev–Trinajstić information content (AvgIpc) is 2.36. The molecule has 1 rings (SSSR count). The Morgan fingerprint density at radius 3 is 2.48 bits per heavy atom. The van der Waals surface area contributed by atoms with Crippen LogP contribution < -0.4 is 11.1 Å². The van der Waals surface area contributed by atoms with Gasteiger partial charge >= 0.3 is 6.09 Å². The zero-order chi connectivity index (χ0) is 15.9. The Morgan fingerprint density at radius 2 is 1.95 bits per heavy atom. The van der Waals surface area contributed by atoms with Crippen molar-refractivity contribution < 1.29 is 9.53 Å². The maximum atomic E-state index is 11.4. The Kier molecular flexibility index (Phi) is 6.19. The minimum Gasteiger partial charge on any atom is -0.444 e. The monoisotopic (exact) mass is 304 g/mol. The Balaban J connectivity index is 2.36. The van der Waals surface area contributed by atoms with E-state index in [1.54, 1.807) is 0 Å². The van der Waals surface area contributed by atoms with Gasteiger partial charge in [-0.05, 0) is 32.9 Å². The van der Waals surface area contributed by atoms with Crippen molar-refractivity contribution >= 4 is 23.3 Å².